The molecule has 126 valence electrons. The van der Waals surface area contributed by atoms with E-state index in [9.17, 15) is 4.79 Å². The smallest absolute Gasteiger partial charge is 0.407 e. The van der Waals surface area contributed by atoms with Gasteiger partial charge in [0.05, 0.1) is 0 Å². The van der Waals surface area contributed by atoms with Gasteiger partial charge in [-0.15, -0.1) is 24.0 Å². The molecule has 0 radical (unpaired) electrons. The first kappa shape index (κ1) is 22.5. The van der Waals surface area contributed by atoms with Gasteiger partial charge in [-0.25, -0.2) is 4.79 Å². The van der Waals surface area contributed by atoms with Crippen LogP contribution in [0.25, 0.3) is 0 Å². The first-order valence-electron chi connectivity index (χ1n) is 7.30. The molecule has 0 aromatic carbocycles. The number of alkyl carbamates (subject to hydrolysis) is 1. The van der Waals surface area contributed by atoms with E-state index in [2.05, 4.69) is 27.9 Å². The van der Waals surface area contributed by atoms with Crippen LogP contribution in [0.4, 0.5) is 4.79 Å². The Kier molecular flexibility index (Phi) is 13.9. The fourth-order valence-corrected chi connectivity index (χ4v) is 1.46. The summed E-state index contributed by atoms with van der Waals surface area (Å²) in [4.78, 5) is 15.5. The third-order valence-corrected chi connectivity index (χ3v) is 2.38. The lowest BCUT2D eigenvalue weighted by Gasteiger charge is -2.19. The molecule has 0 rings (SSSR count). The SMILES string of the molecule is CCCCCNC(=NC)NCCNC(=O)OC(C)(C)C.I. The minimum Gasteiger partial charge on any atom is -0.444 e. The first-order chi connectivity index (χ1) is 9.39. The highest BCUT2D eigenvalue weighted by molar-refractivity contribution is 14.0. The van der Waals surface area contributed by atoms with Crippen LogP contribution in [-0.2, 0) is 4.74 Å². The van der Waals surface area contributed by atoms with Crippen LogP contribution >= 0.6 is 24.0 Å². The van der Waals surface area contributed by atoms with Gasteiger partial charge in [0.25, 0.3) is 0 Å². The molecule has 0 saturated carbocycles. The maximum absolute atomic E-state index is 11.4. The van der Waals surface area contributed by atoms with Gasteiger partial charge in [-0.1, -0.05) is 19.8 Å². The summed E-state index contributed by atoms with van der Waals surface area (Å²) in [5.74, 6) is 0.757. The summed E-state index contributed by atoms with van der Waals surface area (Å²) >= 11 is 0. The van der Waals surface area contributed by atoms with Crippen molar-refractivity contribution in [2.45, 2.75) is 52.6 Å². The van der Waals surface area contributed by atoms with E-state index in [1.165, 1.54) is 12.8 Å². The van der Waals surface area contributed by atoms with Gasteiger partial charge in [0.1, 0.15) is 5.60 Å². The summed E-state index contributed by atoms with van der Waals surface area (Å²) in [6, 6.07) is 0. The van der Waals surface area contributed by atoms with Crippen molar-refractivity contribution >= 4 is 36.0 Å². The van der Waals surface area contributed by atoms with Gasteiger partial charge in [0.2, 0.25) is 0 Å². The number of carbonyl (C=O) groups excluding carboxylic acids is 1. The molecule has 6 nitrogen and oxygen atoms in total. The average Bonchev–Trinajstić information content (AvgIpc) is 2.34. The largest absolute Gasteiger partial charge is 0.444 e. The molecule has 0 fully saturated rings. The molecule has 1 amide bonds. The van der Waals surface area contributed by atoms with Gasteiger partial charge in [0, 0.05) is 26.7 Å². The number of hydrogen-bond donors (Lipinski definition) is 3. The lowest BCUT2D eigenvalue weighted by Crippen LogP contribution is -2.42. The maximum Gasteiger partial charge on any atom is 0.407 e. The fraction of sp³-hybridized carbons (Fsp3) is 0.857. The van der Waals surface area contributed by atoms with Gasteiger partial charge in [0.15, 0.2) is 5.96 Å². The van der Waals surface area contributed by atoms with Gasteiger partial charge in [-0.2, -0.15) is 0 Å². The van der Waals surface area contributed by atoms with Gasteiger partial charge < -0.3 is 20.7 Å². The van der Waals surface area contributed by atoms with Crippen LogP contribution in [-0.4, -0.2) is 44.3 Å². The van der Waals surface area contributed by atoms with Crippen LogP contribution in [0.2, 0.25) is 0 Å². The van der Waals surface area contributed by atoms with Crippen LogP contribution < -0.4 is 16.0 Å². The highest BCUT2D eigenvalue weighted by Gasteiger charge is 2.15. The molecular formula is C14H31IN4O2. The Balaban J connectivity index is 0. The second kappa shape index (κ2) is 13.0. The van der Waals surface area contributed by atoms with E-state index in [0.717, 1.165) is 18.9 Å². The summed E-state index contributed by atoms with van der Waals surface area (Å²) < 4.78 is 5.14. The summed E-state index contributed by atoms with van der Waals surface area (Å²) in [5.41, 5.74) is -0.464. The molecule has 0 heterocycles. The molecule has 0 aliphatic heterocycles. The fourth-order valence-electron chi connectivity index (χ4n) is 1.46. The lowest BCUT2D eigenvalue weighted by atomic mass is 10.2. The van der Waals surface area contributed by atoms with Crippen molar-refractivity contribution in [3.8, 4) is 0 Å². The third-order valence-electron chi connectivity index (χ3n) is 2.38. The van der Waals surface area contributed by atoms with E-state index in [1.54, 1.807) is 7.05 Å². The van der Waals surface area contributed by atoms with Crippen molar-refractivity contribution in [2.75, 3.05) is 26.7 Å². The van der Waals surface area contributed by atoms with Crippen LogP contribution in [0.3, 0.4) is 0 Å². The van der Waals surface area contributed by atoms with Crippen LogP contribution in [0, 0.1) is 0 Å². The Bertz CT molecular complexity index is 304. The van der Waals surface area contributed by atoms with E-state index in [4.69, 9.17) is 4.74 Å². The van der Waals surface area contributed by atoms with E-state index in [0.29, 0.717) is 13.1 Å². The molecule has 3 N–H and O–H groups in total. The predicted octanol–water partition coefficient (Wildman–Crippen LogP) is 2.48. The second-order valence-corrected chi connectivity index (χ2v) is 5.56. The highest BCUT2D eigenvalue weighted by Crippen LogP contribution is 2.05. The maximum atomic E-state index is 11.4. The minimum absolute atomic E-state index is 0. The quantitative estimate of drug-likeness (QED) is 0.259. The number of carbonyl (C=O) groups is 1. The topological polar surface area (TPSA) is 74.8 Å². The number of unbranched alkanes of at least 4 members (excludes halogenated alkanes) is 2. The van der Waals surface area contributed by atoms with E-state index < -0.39 is 11.7 Å². The van der Waals surface area contributed by atoms with Gasteiger partial charge >= 0.3 is 6.09 Å². The number of halogens is 1. The molecule has 0 bridgehead atoms. The molecule has 0 aliphatic carbocycles. The van der Waals surface area contributed by atoms with E-state index in [1.807, 2.05) is 20.8 Å². The Morgan fingerprint density at radius 1 is 1.05 bits per heavy atom. The molecule has 0 aromatic heterocycles. The minimum atomic E-state index is -0.464. The van der Waals surface area contributed by atoms with Gasteiger partial charge in [-0.05, 0) is 27.2 Å². The Morgan fingerprint density at radius 2 is 1.62 bits per heavy atom. The second-order valence-electron chi connectivity index (χ2n) is 5.56. The van der Waals surface area contributed by atoms with Crippen molar-refractivity contribution in [3.05, 3.63) is 0 Å². The summed E-state index contributed by atoms with van der Waals surface area (Å²) in [6.45, 7) is 9.70. The third kappa shape index (κ3) is 15.5. The molecule has 21 heavy (non-hydrogen) atoms. The lowest BCUT2D eigenvalue weighted by molar-refractivity contribution is 0.0529. The predicted molar refractivity (Wildman–Crippen MR) is 98.5 cm³/mol. The molecule has 0 unspecified atom stereocenters. The van der Waals surface area contributed by atoms with Crippen LogP contribution in [0.15, 0.2) is 4.99 Å². The van der Waals surface area contributed by atoms with E-state index >= 15 is 0 Å². The normalized spacial score (nSPS) is 11.4. The average molecular weight is 414 g/mol. The molecule has 0 aliphatic rings. The number of aliphatic imine (C=N–C) groups is 1. The highest BCUT2D eigenvalue weighted by atomic mass is 127. The van der Waals surface area contributed by atoms with Crippen LogP contribution in [0.5, 0.6) is 0 Å². The summed E-state index contributed by atoms with van der Waals surface area (Å²) in [7, 11) is 1.73. The van der Waals surface area contributed by atoms with Crippen molar-refractivity contribution in [1.82, 2.24) is 16.0 Å². The van der Waals surface area contributed by atoms with Gasteiger partial charge in [-0.3, -0.25) is 4.99 Å². The number of nitrogens with zero attached hydrogens (tertiary/aromatic N) is 1. The Morgan fingerprint density at radius 3 is 2.14 bits per heavy atom. The number of amides is 1. The standard InChI is InChI=1S/C14H30N4O2.HI/c1-6-7-8-9-16-12(15-5)17-10-11-18-13(19)20-14(2,3)4;/h6-11H2,1-5H3,(H,18,19)(H2,15,16,17);1H. The zero-order valence-corrected chi connectivity index (χ0v) is 16.2. The molecule has 0 spiro atoms. The molecule has 0 aromatic rings. The Labute approximate surface area is 145 Å². The van der Waals surface area contributed by atoms with Crippen molar-refractivity contribution in [1.29, 1.82) is 0 Å². The number of ether oxygens (including phenoxy) is 1. The Hall–Kier alpha value is -0.730. The molecule has 7 heteroatoms. The molecule has 0 saturated heterocycles. The zero-order chi connectivity index (χ0) is 15.4. The van der Waals surface area contributed by atoms with E-state index in [-0.39, 0.29) is 24.0 Å². The number of rotatable bonds is 7. The number of nitrogens with one attached hydrogen (secondary N) is 3. The summed E-state index contributed by atoms with van der Waals surface area (Å²) in [6.07, 6.45) is 3.15. The number of guanidine groups is 1. The monoisotopic (exact) mass is 414 g/mol. The summed E-state index contributed by atoms with van der Waals surface area (Å²) in [5, 5.41) is 9.05. The molecular weight excluding hydrogens is 383 g/mol. The molecule has 0 atom stereocenters. The first-order valence-corrected chi connectivity index (χ1v) is 7.30. The zero-order valence-electron chi connectivity index (χ0n) is 13.9. The van der Waals surface area contributed by atoms with Crippen molar-refractivity contribution in [2.24, 2.45) is 4.99 Å². The van der Waals surface area contributed by atoms with Crippen molar-refractivity contribution < 1.29 is 9.53 Å². The number of hydrogen-bond acceptors (Lipinski definition) is 3. The van der Waals surface area contributed by atoms with Crippen molar-refractivity contribution in [3.63, 3.8) is 0 Å². The van der Waals surface area contributed by atoms with Crippen LogP contribution in [0.1, 0.15) is 47.0 Å².